The molecule has 1 rings (SSSR count). The second-order valence-electron chi connectivity index (χ2n) is 5.32. The standard InChI is InChI=1S/C17H25NO3/c1-2-3-4-5-6-7-8-9-14-10-12-15(13-11-14)16(18-21)17(19)20/h10-13,21H,2-9H2,1H3,(H,19,20)/b18-16-. The molecule has 0 unspecified atom stereocenters. The number of rotatable bonds is 10. The van der Waals surface area contributed by atoms with Gasteiger partial charge < -0.3 is 10.3 Å². The van der Waals surface area contributed by atoms with Crippen LogP contribution in [0.15, 0.2) is 29.4 Å². The first kappa shape index (κ1) is 17.2. The predicted octanol–water partition coefficient (Wildman–Crippen LogP) is 4.24. The molecule has 0 atom stereocenters. The lowest BCUT2D eigenvalue weighted by Crippen LogP contribution is -2.14. The van der Waals surface area contributed by atoms with Crippen molar-refractivity contribution < 1.29 is 15.1 Å². The van der Waals surface area contributed by atoms with Crippen molar-refractivity contribution in [2.24, 2.45) is 5.16 Å². The molecule has 0 aliphatic heterocycles. The number of nitrogens with zero attached hydrogens (tertiary/aromatic N) is 1. The molecule has 0 radical (unpaired) electrons. The molecular weight excluding hydrogens is 266 g/mol. The third kappa shape index (κ3) is 6.43. The van der Waals surface area contributed by atoms with Gasteiger partial charge in [0.2, 0.25) is 0 Å². The minimum absolute atomic E-state index is 0.322. The van der Waals surface area contributed by atoms with Crippen molar-refractivity contribution in [1.29, 1.82) is 0 Å². The molecule has 0 aromatic heterocycles. The summed E-state index contributed by atoms with van der Waals surface area (Å²) in [6, 6.07) is 7.20. The van der Waals surface area contributed by atoms with Crippen molar-refractivity contribution in [1.82, 2.24) is 0 Å². The molecule has 1 aromatic rings. The number of unbranched alkanes of at least 4 members (excludes halogenated alkanes) is 6. The first-order valence-corrected chi connectivity index (χ1v) is 7.73. The Morgan fingerprint density at radius 3 is 2.10 bits per heavy atom. The highest BCUT2D eigenvalue weighted by Crippen LogP contribution is 2.12. The van der Waals surface area contributed by atoms with Crippen LogP contribution in [-0.4, -0.2) is 22.0 Å². The summed E-state index contributed by atoms with van der Waals surface area (Å²) < 4.78 is 0. The minimum Gasteiger partial charge on any atom is -0.476 e. The highest BCUT2D eigenvalue weighted by atomic mass is 16.4. The molecule has 1 aromatic carbocycles. The van der Waals surface area contributed by atoms with E-state index < -0.39 is 5.97 Å². The third-order valence-electron chi connectivity index (χ3n) is 3.60. The van der Waals surface area contributed by atoms with Crippen molar-refractivity contribution in [2.75, 3.05) is 0 Å². The van der Waals surface area contributed by atoms with Crippen LogP contribution in [0.1, 0.15) is 63.0 Å². The van der Waals surface area contributed by atoms with Crippen LogP contribution < -0.4 is 0 Å². The first-order valence-electron chi connectivity index (χ1n) is 7.73. The topological polar surface area (TPSA) is 69.9 Å². The van der Waals surface area contributed by atoms with Gasteiger partial charge in [0.1, 0.15) is 0 Å². The molecule has 0 bridgehead atoms. The SMILES string of the molecule is CCCCCCCCCc1ccc(/C(=N/O)C(=O)O)cc1. The van der Waals surface area contributed by atoms with Crippen molar-refractivity contribution in [3.63, 3.8) is 0 Å². The van der Waals surface area contributed by atoms with E-state index in [9.17, 15) is 4.79 Å². The molecule has 2 N–H and O–H groups in total. The average Bonchev–Trinajstić information content (AvgIpc) is 2.48. The van der Waals surface area contributed by atoms with Crippen LogP contribution in [-0.2, 0) is 11.2 Å². The van der Waals surface area contributed by atoms with E-state index in [0.29, 0.717) is 5.56 Å². The number of hydrogen-bond donors (Lipinski definition) is 2. The highest BCUT2D eigenvalue weighted by molar-refractivity contribution is 6.42. The lowest BCUT2D eigenvalue weighted by molar-refractivity contribution is -0.129. The Kier molecular flexibility index (Phi) is 8.17. The fraction of sp³-hybridized carbons (Fsp3) is 0.529. The average molecular weight is 291 g/mol. The molecule has 21 heavy (non-hydrogen) atoms. The van der Waals surface area contributed by atoms with Gasteiger partial charge in [0.05, 0.1) is 0 Å². The predicted molar refractivity (Wildman–Crippen MR) is 84.1 cm³/mol. The van der Waals surface area contributed by atoms with Gasteiger partial charge in [-0.05, 0) is 18.4 Å². The quantitative estimate of drug-likeness (QED) is 0.293. The van der Waals surface area contributed by atoms with E-state index in [1.165, 1.54) is 44.1 Å². The summed E-state index contributed by atoms with van der Waals surface area (Å²) in [7, 11) is 0. The monoisotopic (exact) mass is 291 g/mol. The molecule has 0 saturated carbocycles. The van der Waals surface area contributed by atoms with Gasteiger partial charge >= 0.3 is 5.97 Å². The maximum absolute atomic E-state index is 10.8. The molecule has 0 fully saturated rings. The minimum atomic E-state index is -1.22. The molecule has 0 spiro atoms. The van der Waals surface area contributed by atoms with E-state index in [0.717, 1.165) is 12.8 Å². The normalized spacial score (nSPS) is 11.6. The fourth-order valence-electron chi connectivity index (χ4n) is 2.34. The number of benzene rings is 1. The number of oxime groups is 1. The van der Waals surface area contributed by atoms with E-state index in [1.54, 1.807) is 12.1 Å². The number of hydrogen-bond acceptors (Lipinski definition) is 3. The summed E-state index contributed by atoms with van der Waals surface area (Å²) in [6.07, 6.45) is 9.97. The second-order valence-corrected chi connectivity index (χ2v) is 5.32. The summed E-state index contributed by atoms with van der Waals surface area (Å²) >= 11 is 0. The summed E-state index contributed by atoms with van der Waals surface area (Å²) in [5.74, 6) is -1.22. The van der Waals surface area contributed by atoms with E-state index >= 15 is 0 Å². The molecule has 0 amide bonds. The zero-order valence-electron chi connectivity index (χ0n) is 12.7. The van der Waals surface area contributed by atoms with Crippen LogP contribution in [0, 0.1) is 0 Å². The second kappa shape index (κ2) is 9.97. The lowest BCUT2D eigenvalue weighted by atomic mass is 10.0. The van der Waals surface area contributed by atoms with Gasteiger partial charge in [0.15, 0.2) is 5.71 Å². The van der Waals surface area contributed by atoms with Gasteiger partial charge in [-0.15, -0.1) is 0 Å². The van der Waals surface area contributed by atoms with Crippen molar-refractivity contribution in [2.45, 2.75) is 58.3 Å². The molecular formula is C17H25NO3. The largest absolute Gasteiger partial charge is 0.476 e. The van der Waals surface area contributed by atoms with Crippen molar-refractivity contribution >= 4 is 11.7 Å². The van der Waals surface area contributed by atoms with Gasteiger partial charge in [0, 0.05) is 5.56 Å². The smallest absolute Gasteiger partial charge is 0.358 e. The number of aryl methyl sites for hydroxylation is 1. The molecule has 0 aliphatic carbocycles. The summed E-state index contributed by atoms with van der Waals surface area (Å²) in [6.45, 7) is 2.22. The molecule has 0 saturated heterocycles. The van der Waals surface area contributed by atoms with Crippen LogP contribution in [0.5, 0.6) is 0 Å². The van der Waals surface area contributed by atoms with Crippen LogP contribution in [0.2, 0.25) is 0 Å². The Balaban J connectivity index is 2.33. The maximum atomic E-state index is 10.8. The Bertz CT molecular complexity index is 452. The molecule has 116 valence electrons. The Labute approximate surface area is 126 Å². The van der Waals surface area contributed by atoms with E-state index in [1.807, 2.05) is 12.1 Å². The fourth-order valence-corrected chi connectivity index (χ4v) is 2.34. The molecule has 4 nitrogen and oxygen atoms in total. The first-order chi connectivity index (χ1) is 10.2. The Morgan fingerprint density at radius 2 is 1.57 bits per heavy atom. The summed E-state index contributed by atoms with van der Waals surface area (Å²) in [4.78, 5) is 10.8. The van der Waals surface area contributed by atoms with Crippen LogP contribution in [0.3, 0.4) is 0 Å². The van der Waals surface area contributed by atoms with Gasteiger partial charge in [-0.1, -0.05) is 74.9 Å². The number of aliphatic carboxylic acids is 1. The lowest BCUT2D eigenvalue weighted by Gasteiger charge is -2.04. The van der Waals surface area contributed by atoms with Gasteiger partial charge in [-0.25, -0.2) is 4.79 Å². The Hall–Kier alpha value is -1.84. The zero-order valence-corrected chi connectivity index (χ0v) is 12.7. The molecule has 0 heterocycles. The van der Waals surface area contributed by atoms with Crippen LogP contribution in [0.25, 0.3) is 0 Å². The van der Waals surface area contributed by atoms with Gasteiger partial charge in [0.25, 0.3) is 0 Å². The molecule has 4 heteroatoms. The van der Waals surface area contributed by atoms with E-state index in [-0.39, 0.29) is 5.71 Å². The third-order valence-corrected chi connectivity index (χ3v) is 3.60. The van der Waals surface area contributed by atoms with Crippen LogP contribution >= 0.6 is 0 Å². The van der Waals surface area contributed by atoms with E-state index in [4.69, 9.17) is 10.3 Å². The maximum Gasteiger partial charge on any atom is 0.358 e. The summed E-state index contributed by atoms with van der Waals surface area (Å²) in [5, 5.41) is 20.4. The van der Waals surface area contributed by atoms with Crippen molar-refractivity contribution in [3.05, 3.63) is 35.4 Å². The Morgan fingerprint density at radius 1 is 1.00 bits per heavy atom. The van der Waals surface area contributed by atoms with Crippen LogP contribution in [0.4, 0.5) is 0 Å². The number of carbonyl (C=O) groups is 1. The molecule has 0 aliphatic rings. The highest BCUT2D eigenvalue weighted by Gasteiger charge is 2.12. The summed E-state index contributed by atoms with van der Waals surface area (Å²) in [5.41, 5.74) is 1.29. The zero-order chi connectivity index (χ0) is 15.5. The number of carboxylic acid groups (broad SMARTS) is 1. The van der Waals surface area contributed by atoms with Gasteiger partial charge in [-0.2, -0.15) is 0 Å². The van der Waals surface area contributed by atoms with Gasteiger partial charge in [-0.3, -0.25) is 0 Å². The van der Waals surface area contributed by atoms with Crippen molar-refractivity contribution in [3.8, 4) is 0 Å². The number of carboxylic acids is 1. The van der Waals surface area contributed by atoms with E-state index in [2.05, 4.69) is 12.1 Å².